The van der Waals surface area contributed by atoms with Gasteiger partial charge >= 0.3 is 5.16 Å². The molecule has 0 aliphatic rings. The van der Waals surface area contributed by atoms with Gasteiger partial charge in [-0.25, -0.2) is 15.0 Å². The summed E-state index contributed by atoms with van der Waals surface area (Å²) in [5, 5.41) is 16.6. The normalized spacial score (nSPS) is 11.3. The van der Waals surface area contributed by atoms with Gasteiger partial charge in [-0.05, 0) is 47.2 Å². The molecule has 1 aromatic heterocycles. The molecule has 31 heavy (non-hydrogen) atoms. The summed E-state index contributed by atoms with van der Waals surface area (Å²) < 4.78 is 2.94. The van der Waals surface area contributed by atoms with Gasteiger partial charge in [-0.3, -0.25) is 4.79 Å². The van der Waals surface area contributed by atoms with Crippen LogP contribution in [-0.2, 0) is 11.3 Å². The first-order chi connectivity index (χ1) is 15.1. The topological polar surface area (TPSA) is 84.2 Å². The quantitative estimate of drug-likeness (QED) is 0.178. The summed E-state index contributed by atoms with van der Waals surface area (Å²) in [5.41, 5.74) is 6.15. The second-order valence-electron chi connectivity index (χ2n) is 6.78. The summed E-state index contributed by atoms with van der Waals surface area (Å²) in [7, 11) is 0. The van der Waals surface area contributed by atoms with E-state index >= 15 is 0 Å². The van der Waals surface area contributed by atoms with Gasteiger partial charge in [0.25, 0.3) is 5.91 Å². The fraction of sp³-hybridized carbons (Fsp3) is 0.0870. The molecule has 4 aromatic rings. The molecule has 4 rings (SSSR count). The summed E-state index contributed by atoms with van der Waals surface area (Å²) in [6.07, 6.45) is 1.36. The number of amides is 1. The van der Waals surface area contributed by atoms with Crippen molar-refractivity contribution < 1.29 is 14.5 Å². The van der Waals surface area contributed by atoms with E-state index in [1.54, 1.807) is 12.1 Å². The van der Waals surface area contributed by atoms with Crippen molar-refractivity contribution in [1.29, 1.82) is 0 Å². The van der Waals surface area contributed by atoms with E-state index in [9.17, 15) is 9.90 Å². The molecule has 0 unspecified atom stereocenters. The third-order valence-corrected chi connectivity index (χ3v) is 6.07. The van der Waals surface area contributed by atoms with Crippen LogP contribution in [-0.4, -0.2) is 22.9 Å². The average Bonchev–Trinajstić information content (AvgIpc) is 3.13. The van der Waals surface area contributed by atoms with E-state index in [1.165, 1.54) is 29.6 Å². The van der Waals surface area contributed by atoms with Crippen molar-refractivity contribution in [3.05, 3.63) is 88.4 Å². The van der Waals surface area contributed by atoms with Gasteiger partial charge in [0.1, 0.15) is 6.54 Å². The first-order valence-corrected chi connectivity index (χ1v) is 11.3. The molecule has 0 spiro atoms. The third-order valence-electron chi connectivity index (χ3n) is 4.57. The Kier molecular flexibility index (Phi) is 6.69. The molecule has 1 heterocycles. The fourth-order valence-electron chi connectivity index (χ4n) is 3.10. The molecule has 0 bridgehead atoms. The largest absolute Gasteiger partial charge is 0.872 e. The Labute approximate surface area is 192 Å². The van der Waals surface area contributed by atoms with Crippen molar-refractivity contribution in [2.24, 2.45) is 5.10 Å². The van der Waals surface area contributed by atoms with Crippen LogP contribution in [0, 0.1) is 0 Å². The van der Waals surface area contributed by atoms with E-state index in [1.807, 2.05) is 36.4 Å². The van der Waals surface area contributed by atoms with E-state index in [-0.39, 0.29) is 17.4 Å². The van der Waals surface area contributed by atoms with Crippen molar-refractivity contribution in [3.63, 3.8) is 0 Å². The highest BCUT2D eigenvalue weighted by Gasteiger charge is 2.20. The minimum absolute atomic E-state index is 0.157. The van der Waals surface area contributed by atoms with E-state index in [0.29, 0.717) is 12.1 Å². The van der Waals surface area contributed by atoms with Crippen molar-refractivity contribution in [2.45, 2.75) is 11.7 Å². The van der Waals surface area contributed by atoms with Gasteiger partial charge in [0.15, 0.2) is 11.0 Å². The summed E-state index contributed by atoms with van der Waals surface area (Å²) >= 11 is 4.72. The molecule has 0 aliphatic heterocycles. The molecule has 156 valence electrons. The molecular formula is C23H19BrN4O2S. The second kappa shape index (κ2) is 9.80. The minimum Gasteiger partial charge on any atom is -0.872 e. The van der Waals surface area contributed by atoms with Crippen molar-refractivity contribution in [1.82, 2.24) is 10.4 Å². The Balaban J connectivity index is 1.44. The van der Waals surface area contributed by atoms with Crippen LogP contribution in [0.1, 0.15) is 11.1 Å². The SMILES string of the molecule is O=C(CSc1[nH]c2ccccc2[n+]1Cc1ccccc1)NN=Cc1cc(Br)ccc1[O-]. The highest BCUT2D eigenvalue weighted by Crippen LogP contribution is 2.19. The Morgan fingerprint density at radius 2 is 1.90 bits per heavy atom. The van der Waals surface area contributed by atoms with Gasteiger partial charge in [0, 0.05) is 4.47 Å². The maximum Gasteiger partial charge on any atom is 0.317 e. The Morgan fingerprint density at radius 1 is 1.13 bits per heavy atom. The number of imidazole rings is 1. The number of hydrazone groups is 1. The highest BCUT2D eigenvalue weighted by atomic mass is 79.9. The molecule has 1 amide bonds. The predicted octanol–water partition coefficient (Wildman–Crippen LogP) is 3.58. The first kappa shape index (κ1) is 21.1. The van der Waals surface area contributed by atoms with E-state index < -0.39 is 0 Å². The van der Waals surface area contributed by atoms with E-state index in [0.717, 1.165) is 20.7 Å². The standard InChI is InChI=1S/C23H19BrN4O2S/c24-18-10-11-21(29)17(12-18)13-25-27-22(30)15-31-23-26-19-8-4-5-9-20(19)28(23)14-16-6-2-1-3-7-16/h1-13H,14-15H2,(H2,25,27,29,30). The molecule has 0 saturated heterocycles. The molecule has 0 fully saturated rings. The van der Waals surface area contributed by atoms with Gasteiger partial charge < -0.3 is 5.11 Å². The number of hydrogen-bond donors (Lipinski definition) is 2. The molecule has 2 N–H and O–H groups in total. The number of halogens is 1. The van der Waals surface area contributed by atoms with Crippen molar-refractivity contribution in [2.75, 3.05) is 5.75 Å². The highest BCUT2D eigenvalue weighted by molar-refractivity contribution is 9.10. The maximum absolute atomic E-state index is 12.3. The monoisotopic (exact) mass is 494 g/mol. The zero-order chi connectivity index (χ0) is 21.6. The lowest BCUT2D eigenvalue weighted by atomic mass is 10.2. The van der Waals surface area contributed by atoms with Gasteiger partial charge in [0.2, 0.25) is 0 Å². The molecule has 0 radical (unpaired) electrons. The fourth-order valence-corrected chi connectivity index (χ4v) is 4.32. The number of fused-ring (bicyclic) bond motifs is 1. The first-order valence-electron chi connectivity index (χ1n) is 9.56. The summed E-state index contributed by atoms with van der Waals surface area (Å²) in [6, 6.07) is 23.0. The number of aromatic nitrogens is 2. The second-order valence-corrected chi connectivity index (χ2v) is 8.66. The Bertz CT molecular complexity index is 1240. The number of para-hydroxylation sites is 2. The average molecular weight is 495 g/mol. The molecule has 0 saturated carbocycles. The Morgan fingerprint density at radius 3 is 2.74 bits per heavy atom. The summed E-state index contributed by atoms with van der Waals surface area (Å²) in [5.74, 6) is -0.231. The molecule has 3 aromatic carbocycles. The van der Waals surface area contributed by atoms with Gasteiger partial charge in [0.05, 0.1) is 12.0 Å². The smallest absolute Gasteiger partial charge is 0.317 e. The zero-order valence-electron chi connectivity index (χ0n) is 16.4. The zero-order valence-corrected chi connectivity index (χ0v) is 18.8. The summed E-state index contributed by atoms with van der Waals surface area (Å²) in [6.45, 7) is 0.697. The maximum atomic E-state index is 12.3. The van der Waals surface area contributed by atoms with Gasteiger partial charge in [-0.15, -0.1) is 0 Å². The van der Waals surface area contributed by atoms with E-state index in [4.69, 9.17) is 0 Å². The molecule has 0 atom stereocenters. The number of hydrogen-bond acceptors (Lipinski definition) is 4. The number of nitrogens with one attached hydrogen (secondary N) is 2. The predicted molar refractivity (Wildman–Crippen MR) is 124 cm³/mol. The van der Waals surface area contributed by atoms with Crippen LogP contribution in [0.2, 0.25) is 0 Å². The van der Waals surface area contributed by atoms with Crippen LogP contribution in [0.15, 0.2) is 87.5 Å². The molecule has 8 heteroatoms. The van der Waals surface area contributed by atoms with Crippen molar-refractivity contribution >= 4 is 50.8 Å². The van der Waals surface area contributed by atoms with Crippen molar-refractivity contribution in [3.8, 4) is 5.75 Å². The number of carbonyl (C=O) groups excluding carboxylic acids is 1. The van der Waals surface area contributed by atoms with Crippen LogP contribution < -0.4 is 15.1 Å². The van der Waals surface area contributed by atoms with Gasteiger partial charge in [-0.2, -0.15) is 5.10 Å². The molecule has 0 aliphatic carbocycles. The lowest BCUT2D eigenvalue weighted by molar-refractivity contribution is -0.700. The number of rotatable bonds is 7. The number of aromatic amines is 1. The summed E-state index contributed by atoms with van der Waals surface area (Å²) in [4.78, 5) is 15.7. The minimum atomic E-state index is -0.256. The van der Waals surface area contributed by atoms with Crippen LogP contribution in [0.3, 0.4) is 0 Å². The lowest BCUT2D eigenvalue weighted by Gasteiger charge is -2.09. The van der Waals surface area contributed by atoms with Gasteiger partial charge in [-0.1, -0.05) is 70.2 Å². The Hall–Kier alpha value is -3.10. The van der Waals surface area contributed by atoms with Crippen LogP contribution >= 0.6 is 27.7 Å². The van der Waals surface area contributed by atoms with Crippen LogP contribution in [0.4, 0.5) is 0 Å². The number of thioether (sulfide) groups is 1. The van der Waals surface area contributed by atoms with Crippen LogP contribution in [0.5, 0.6) is 5.75 Å². The lowest BCUT2D eigenvalue weighted by Crippen LogP contribution is -2.36. The van der Waals surface area contributed by atoms with Crippen LogP contribution in [0.25, 0.3) is 11.0 Å². The number of benzene rings is 3. The number of carbonyl (C=O) groups is 1. The number of H-pyrrole nitrogens is 1. The molecular weight excluding hydrogens is 476 g/mol. The number of nitrogens with zero attached hydrogens (tertiary/aromatic N) is 2. The van der Waals surface area contributed by atoms with E-state index in [2.05, 4.69) is 54.2 Å². The molecule has 6 nitrogen and oxygen atoms in total. The third kappa shape index (κ3) is 5.34.